The van der Waals surface area contributed by atoms with Crippen LogP contribution >= 0.6 is 0 Å². The maximum absolute atomic E-state index is 12.0. The highest BCUT2D eigenvalue weighted by Crippen LogP contribution is 2.15. The van der Waals surface area contributed by atoms with Gasteiger partial charge in [0.25, 0.3) is 0 Å². The van der Waals surface area contributed by atoms with Crippen LogP contribution in [0.15, 0.2) is 59.0 Å². The minimum absolute atomic E-state index is 0.153. The van der Waals surface area contributed by atoms with Gasteiger partial charge in [-0.3, -0.25) is 4.79 Å². The molecule has 0 saturated carbocycles. The van der Waals surface area contributed by atoms with Gasteiger partial charge in [-0.1, -0.05) is 42.5 Å². The number of Topliss-reactive ketones (excluding diaryl/α,β-unsaturated/α-hetero) is 1. The monoisotopic (exact) mass is 265 g/mol. The van der Waals surface area contributed by atoms with Gasteiger partial charge in [-0.15, -0.1) is 0 Å². The molecule has 3 nitrogen and oxygen atoms in total. The number of rotatable bonds is 5. The first-order valence-electron chi connectivity index (χ1n) is 6.71. The number of carbonyl (C=O) groups is 1. The molecule has 0 radical (unpaired) electrons. The van der Waals surface area contributed by atoms with Crippen LogP contribution in [0.2, 0.25) is 0 Å². The maximum Gasteiger partial charge on any atom is 0.202 e. The van der Waals surface area contributed by atoms with Crippen LogP contribution in [0.1, 0.15) is 17.9 Å². The Kier molecular flexibility index (Phi) is 3.59. The standard InChI is InChI=1S/C17H15NO2/c19-14(11-10-13-6-2-1-3-7-13)12-17-18-15-8-4-5-9-16(15)20-17/h1-9H,10-12H2. The number of hydrogen-bond acceptors (Lipinski definition) is 3. The summed E-state index contributed by atoms with van der Waals surface area (Å²) in [5, 5.41) is 0. The average Bonchev–Trinajstić information content (AvgIpc) is 2.88. The zero-order valence-electron chi connectivity index (χ0n) is 11.1. The van der Waals surface area contributed by atoms with Gasteiger partial charge >= 0.3 is 0 Å². The second kappa shape index (κ2) is 5.70. The van der Waals surface area contributed by atoms with E-state index >= 15 is 0 Å². The average molecular weight is 265 g/mol. The van der Waals surface area contributed by atoms with E-state index in [1.165, 1.54) is 5.56 Å². The molecule has 0 spiro atoms. The molecule has 1 aromatic heterocycles. The number of para-hydroxylation sites is 2. The zero-order chi connectivity index (χ0) is 13.8. The molecule has 3 rings (SSSR count). The number of oxazole rings is 1. The van der Waals surface area contributed by atoms with Gasteiger partial charge in [-0.2, -0.15) is 0 Å². The first-order chi connectivity index (χ1) is 9.81. The molecule has 0 aliphatic carbocycles. The van der Waals surface area contributed by atoms with Crippen molar-refractivity contribution in [3.05, 3.63) is 66.1 Å². The van der Waals surface area contributed by atoms with Crippen molar-refractivity contribution >= 4 is 16.9 Å². The van der Waals surface area contributed by atoms with E-state index in [4.69, 9.17) is 4.42 Å². The van der Waals surface area contributed by atoms with E-state index in [9.17, 15) is 4.79 Å². The van der Waals surface area contributed by atoms with Gasteiger partial charge in [0.15, 0.2) is 5.58 Å². The first kappa shape index (κ1) is 12.6. The second-order valence-electron chi connectivity index (χ2n) is 4.78. The summed E-state index contributed by atoms with van der Waals surface area (Å²) in [6.45, 7) is 0. The number of benzene rings is 2. The lowest BCUT2D eigenvalue weighted by Gasteiger charge is -1.99. The Labute approximate surface area is 117 Å². The Morgan fingerprint density at radius 1 is 1.00 bits per heavy atom. The number of nitrogens with zero attached hydrogens (tertiary/aromatic N) is 1. The summed E-state index contributed by atoms with van der Waals surface area (Å²) in [6.07, 6.45) is 1.55. The Bertz CT molecular complexity index is 683. The Morgan fingerprint density at radius 3 is 2.55 bits per heavy atom. The van der Waals surface area contributed by atoms with E-state index in [2.05, 4.69) is 4.98 Å². The molecular weight excluding hydrogens is 250 g/mol. The predicted octanol–water partition coefficient (Wildman–Crippen LogP) is 3.57. The predicted molar refractivity (Wildman–Crippen MR) is 77.5 cm³/mol. The topological polar surface area (TPSA) is 43.1 Å². The fourth-order valence-electron chi connectivity index (χ4n) is 2.18. The molecule has 0 aliphatic rings. The van der Waals surface area contributed by atoms with Crippen LogP contribution in [-0.4, -0.2) is 10.8 Å². The summed E-state index contributed by atoms with van der Waals surface area (Å²) in [5.74, 6) is 0.657. The van der Waals surface area contributed by atoms with Crippen LogP contribution in [0.25, 0.3) is 11.1 Å². The van der Waals surface area contributed by atoms with Crippen molar-refractivity contribution in [2.75, 3.05) is 0 Å². The molecule has 2 aromatic carbocycles. The first-order valence-corrected chi connectivity index (χ1v) is 6.71. The van der Waals surface area contributed by atoms with E-state index in [1.54, 1.807) is 0 Å². The third-order valence-corrected chi connectivity index (χ3v) is 3.22. The molecule has 0 atom stereocenters. The number of fused-ring (bicyclic) bond motifs is 1. The normalized spacial score (nSPS) is 10.8. The summed E-state index contributed by atoms with van der Waals surface area (Å²) in [4.78, 5) is 16.3. The third kappa shape index (κ3) is 2.94. The summed E-state index contributed by atoms with van der Waals surface area (Å²) in [5.41, 5.74) is 2.72. The van der Waals surface area contributed by atoms with E-state index in [0.717, 1.165) is 17.5 Å². The van der Waals surface area contributed by atoms with Crippen LogP contribution in [0.5, 0.6) is 0 Å². The lowest BCUT2D eigenvalue weighted by atomic mass is 10.1. The molecule has 0 fully saturated rings. The van der Waals surface area contributed by atoms with Gasteiger partial charge in [0.1, 0.15) is 11.3 Å². The minimum Gasteiger partial charge on any atom is -0.440 e. The van der Waals surface area contributed by atoms with E-state index in [0.29, 0.717) is 12.3 Å². The molecule has 0 N–H and O–H groups in total. The number of ketones is 1. The maximum atomic E-state index is 12.0. The highest BCUT2D eigenvalue weighted by Gasteiger charge is 2.10. The Balaban J connectivity index is 1.61. The molecular formula is C17H15NO2. The molecule has 0 aliphatic heterocycles. The summed E-state index contributed by atoms with van der Waals surface area (Å²) < 4.78 is 5.56. The Hall–Kier alpha value is -2.42. The fourth-order valence-corrected chi connectivity index (χ4v) is 2.18. The highest BCUT2D eigenvalue weighted by molar-refractivity contribution is 5.81. The largest absolute Gasteiger partial charge is 0.440 e. The van der Waals surface area contributed by atoms with Crippen molar-refractivity contribution in [1.82, 2.24) is 4.98 Å². The molecule has 0 saturated heterocycles. The number of aromatic nitrogens is 1. The summed E-state index contributed by atoms with van der Waals surface area (Å²) in [7, 11) is 0. The van der Waals surface area contributed by atoms with Gasteiger partial charge in [0.2, 0.25) is 5.89 Å². The van der Waals surface area contributed by atoms with Crippen LogP contribution < -0.4 is 0 Å². The summed E-state index contributed by atoms with van der Waals surface area (Å²) in [6, 6.07) is 17.6. The van der Waals surface area contributed by atoms with Crippen LogP contribution in [0, 0.1) is 0 Å². The van der Waals surface area contributed by atoms with Crippen molar-refractivity contribution < 1.29 is 9.21 Å². The summed E-state index contributed by atoms with van der Waals surface area (Å²) >= 11 is 0. The highest BCUT2D eigenvalue weighted by atomic mass is 16.3. The van der Waals surface area contributed by atoms with Gasteiger partial charge in [-0.05, 0) is 24.1 Å². The van der Waals surface area contributed by atoms with Crippen molar-refractivity contribution in [2.24, 2.45) is 0 Å². The van der Waals surface area contributed by atoms with E-state index < -0.39 is 0 Å². The Morgan fingerprint density at radius 2 is 1.75 bits per heavy atom. The molecule has 3 aromatic rings. The molecule has 0 bridgehead atoms. The second-order valence-corrected chi connectivity index (χ2v) is 4.78. The van der Waals surface area contributed by atoms with Crippen LogP contribution in [0.3, 0.4) is 0 Å². The minimum atomic E-state index is 0.153. The van der Waals surface area contributed by atoms with Gasteiger partial charge in [-0.25, -0.2) is 4.98 Å². The molecule has 20 heavy (non-hydrogen) atoms. The number of carbonyl (C=O) groups excluding carboxylic acids is 1. The van der Waals surface area contributed by atoms with Crippen molar-refractivity contribution in [3.63, 3.8) is 0 Å². The molecule has 1 heterocycles. The molecule has 0 amide bonds. The molecule has 0 unspecified atom stereocenters. The molecule has 100 valence electrons. The SMILES string of the molecule is O=C(CCc1ccccc1)Cc1nc2ccccc2o1. The van der Waals surface area contributed by atoms with Gasteiger partial charge in [0.05, 0.1) is 6.42 Å². The van der Waals surface area contributed by atoms with Crippen molar-refractivity contribution in [1.29, 1.82) is 0 Å². The fraction of sp³-hybridized carbons (Fsp3) is 0.176. The lowest BCUT2D eigenvalue weighted by molar-refractivity contribution is -0.118. The third-order valence-electron chi connectivity index (χ3n) is 3.22. The van der Waals surface area contributed by atoms with Crippen LogP contribution in [-0.2, 0) is 17.6 Å². The van der Waals surface area contributed by atoms with Crippen LogP contribution in [0.4, 0.5) is 0 Å². The quantitative estimate of drug-likeness (QED) is 0.708. The number of hydrogen-bond donors (Lipinski definition) is 0. The molecule has 3 heteroatoms. The van der Waals surface area contributed by atoms with Crippen molar-refractivity contribution in [3.8, 4) is 0 Å². The van der Waals surface area contributed by atoms with Crippen molar-refractivity contribution in [2.45, 2.75) is 19.3 Å². The zero-order valence-corrected chi connectivity index (χ0v) is 11.1. The smallest absolute Gasteiger partial charge is 0.202 e. The van der Waals surface area contributed by atoms with E-state index in [1.807, 2.05) is 54.6 Å². The lowest BCUT2D eigenvalue weighted by Crippen LogP contribution is -2.04. The van der Waals surface area contributed by atoms with Gasteiger partial charge < -0.3 is 4.42 Å². The van der Waals surface area contributed by atoms with E-state index in [-0.39, 0.29) is 12.2 Å². The number of aryl methyl sites for hydroxylation is 1. The van der Waals surface area contributed by atoms with Gasteiger partial charge in [0, 0.05) is 6.42 Å².